The summed E-state index contributed by atoms with van der Waals surface area (Å²) >= 11 is 0. The fraction of sp³-hybridized carbons (Fsp3) is 0.538. The quantitative estimate of drug-likeness (QED) is 0.925. The van der Waals surface area contributed by atoms with E-state index < -0.39 is 32.2 Å². The first-order valence-electron chi connectivity index (χ1n) is 6.39. The first kappa shape index (κ1) is 16.3. The Labute approximate surface area is 121 Å². The van der Waals surface area contributed by atoms with Crippen molar-refractivity contribution >= 4 is 10.0 Å². The van der Waals surface area contributed by atoms with Crippen LogP contribution in [0.15, 0.2) is 23.1 Å². The lowest BCUT2D eigenvalue weighted by molar-refractivity contribution is -0.140. The Morgan fingerprint density at radius 2 is 1.95 bits per heavy atom. The van der Waals surface area contributed by atoms with Crippen LogP contribution >= 0.6 is 0 Å². The van der Waals surface area contributed by atoms with Gasteiger partial charge in [-0.2, -0.15) is 13.2 Å². The topological polar surface area (TPSA) is 55.4 Å². The molecule has 0 atom stereocenters. The van der Waals surface area contributed by atoms with Gasteiger partial charge in [-0.15, -0.1) is 0 Å². The van der Waals surface area contributed by atoms with Crippen LogP contribution in [0.4, 0.5) is 13.2 Å². The number of hydrogen-bond donors (Lipinski definition) is 1. The Morgan fingerprint density at radius 3 is 2.38 bits per heavy atom. The molecule has 0 radical (unpaired) electrons. The predicted molar refractivity (Wildman–Crippen MR) is 70.4 cm³/mol. The van der Waals surface area contributed by atoms with Gasteiger partial charge in [0.05, 0.1) is 29.2 Å². The Morgan fingerprint density at radius 1 is 1.33 bits per heavy atom. The van der Waals surface area contributed by atoms with Crippen LogP contribution in [-0.2, 0) is 27.4 Å². The first-order chi connectivity index (χ1) is 9.57. The van der Waals surface area contributed by atoms with Crippen molar-refractivity contribution in [2.24, 2.45) is 0 Å². The normalized spacial score (nSPS) is 18.3. The van der Waals surface area contributed by atoms with Gasteiger partial charge in [-0.25, -0.2) is 13.1 Å². The molecule has 1 aromatic rings. The smallest absolute Gasteiger partial charge is 0.377 e. The van der Waals surface area contributed by atoms with E-state index in [0.717, 1.165) is 12.1 Å². The highest BCUT2D eigenvalue weighted by Crippen LogP contribution is 2.35. The van der Waals surface area contributed by atoms with E-state index in [2.05, 4.69) is 4.72 Å². The maximum absolute atomic E-state index is 13.1. The highest BCUT2D eigenvalue weighted by molar-refractivity contribution is 7.89. The second-order valence-corrected chi connectivity index (χ2v) is 6.99. The van der Waals surface area contributed by atoms with E-state index in [9.17, 15) is 21.6 Å². The molecule has 0 unspecified atom stereocenters. The lowest BCUT2D eigenvalue weighted by Crippen LogP contribution is -2.59. The van der Waals surface area contributed by atoms with Gasteiger partial charge in [-0.05, 0) is 31.0 Å². The molecule has 1 N–H and O–H groups in total. The lowest BCUT2D eigenvalue weighted by atomic mass is 10.0. The number of alkyl halides is 3. The summed E-state index contributed by atoms with van der Waals surface area (Å²) in [7, 11) is -4.27. The van der Waals surface area contributed by atoms with E-state index in [0.29, 0.717) is 12.0 Å². The third kappa shape index (κ3) is 3.38. The summed E-state index contributed by atoms with van der Waals surface area (Å²) in [6.07, 6.45) is -4.34. The summed E-state index contributed by atoms with van der Waals surface area (Å²) in [6.45, 7) is 3.57. The highest BCUT2D eigenvalue weighted by Gasteiger charge is 2.42. The van der Waals surface area contributed by atoms with Gasteiger partial charge < -0.3 is 4.74 Å². The molecular weight excluding hydrogens is 307 g/mol. The highest BCUT2D eigenvalue weighted by atomic mass is 32.2. The van der Waals surface area contributed by atoms with Crippen molar-refractivity contribution in [3.05, 3.63) is 29.3 Å². The van der Waals surface area contributed by atoms with E-state index in [-0.39, 0.29) is 13.2 Å². The van der Waals surface area contributed by atoms with Gasteiger partial charge in [-0.1, -0.05) is 13.0 Å². The summed E-state index contributed by atoms with van der Waals surface area (Å²) in [4.78, 5) is -0.750. The van der Waals surface area contributed by atoms with E-state index >= 15 is 0 Å². The van der Waals surface area contributed by atoms with Crippen molar-refractivity contribution < 1.29 is 26.3 Å². The standard InChI is InChI=1S/C13H16F3NO3S/c1-3-9-4-5-11(10(6-9)13(14,15)16)21(18,19)17-12(2)7-20-8-12/h4-6,17H,3,7-8H2,1-2H3. The molecule has 0 aliphatic carbocycles. The van der Waals surface area contributed by atoms with Gasteiger partial charge in [0.15, 0.2) is 0 Å². The third-order valence-corrected chi connectivity index (χ3v) is 4.97. The molecule has 0 aromatic heterocycles. The van der Waals surface area contributed by atoms with Gasteiger partial charge in [0.1, 0.15) is 0 Å². The summed E-state index contributed by atoms with van der Waals surface area (Å²) in [5.41, 5.74) is -1.57. The zero-order valence-corrected chi connectivity index (χ0v) is 12.4. The third-order valence-electron chi connectivity index (χ3n) is 3.27. The number of hydrogen-bond acceptors (Lipinski definition) is 3. The van der Waals surface area contributed by atoms with Gasteiger partial charge >= 0.3 is 6.18 Å². The second-order valence-electron chi connectivity index (χ2n) is 5.34. The predicted octanol–water partition coefficient (Wildman–Crippen LogP) is 2.34. The van der Waals surface area contributed by atoms with E-state index in [1.165, 1.54) is 6.07 Å². The molecule has 0 saturated carbocycles. The molecule has 1 fully saturated rings. The Bertz CT molecular complexity index is 637. The number of sulfonamides is 1. The average Bonchev–Trinajstić information content (AvgIpc) is 2.34. The minimum absolute atomic E-state index is 0.140. The lowest BCUT2D eigenvalue weighted by Gasteiger charge is -2.38. The van der Waals surface area contributed by atoms with Crippen LogP contribution in [0, 0.1) is 0 Å². The van der Waals surface area contributed by atoms with Crippen LogP contribution < -0.4 is 4.72 Å². The largest absolute Gasteiger partial charge is 0.417 e. The Hall–Kier alpha value is -1.12. The number of benzene rings is 1. The summed E-state index contributed by atoms with van der Waals surface area (Å²) in [5, 5.41) is 0. The number of ether oxygens (including phenoxy) is 1. The fourth-order valence-corrected chi connectivity index (χ4v) is 3.69. The Balaban J connectivity index is 2.47. The van der Waals surface area contributed by atoms with Crippen LogP contribution in [0.25, 0.3) is 0 Å². The molecule has 1 aliphatic heterocycles. The zero-order valence-electron chi connectivity index (χ0n) is 11.6. The molecule has 4 nitrogen and oxygen atoms in total. The molecule has 1 aliphatic rings. The molecule has 1 saturated heterocycles. The van der Waals surface area contributed by atoms with Crippen molar-refractivity contribution in [3.63, 3.8) is 0 Å². The van der Waals surface area contributed by atoms with Crippen LogP contribution in [0.3, 0.4) is 0 Å². The molecular formula is C13H16F3NO3S. The SMILES string of the molecule is CCc1ccc(S(=O)(=O)NC2(C)COC2)c(C(F)(F)F)c1. The van der Waals surface area contributed by atoms with Crippen molar-refractivity contribution in [2.45, 2.75) is 36.9 Å². The molecule has 8 heteroatoms. The van der Waals surface area contributed by atoms with Crippen LogP contribution in [0.5, 0.6) is 0 Å². The van der Waals surface area contributed by atoms with Gasteiger partial charge in [0, 0.05) is 0 Å². The molecule has 0 spiro atoms. The molecule has 0 bridgehead atoms. The molecule has 0 amide bonds. The van der Waals surface area contributed by atoms with Crippen LogP contribution in [0.2, 0.25) is 0 Å². The maximum Gasteiger partial charge on any atom is 0.417 e. The zero-order chi connectivity index (χ0) is 15.9. The van der Waals surface area contributed by atoms with E-state index in [1.807, 2.05) is 0 Å². The van der Waals surface area contributed by atoms with Crippen molar-refractivity contribution in [1.29, 1.82) is 0 Å². The number of aryl methyl sites for hydroxylation is 1. The van der Waals surface area contributed by atoms with Gasteiger partial charge in [0.2, 0.25) is 10.0 Å². The first-order valence-corrected chi connectivity index (χ1v) is 7.87. The minimum atomic E-state index is -4.73. The van der Waals surface area contributed by atoms with Crippen molar-refractivity contribution in [3.8, 4) is 0 Å². The van der Waals surface area contributed by atoms with E-state index in [4.69, 9.17) is 4.74 Å². The molecule has 1 heterocycles. The van der Waals surface area contributed by atoms with E-state index in [1.54, 1.807) is 13.8 Å². The van der Waals surface area contributed by atoms with Gasteiger partial charge in [-0.3, -0.25) is 0 Å². The second kappa shape index (κ2) is 5.26. The van der Waals surface area contributed by atoms with Crippen molar-refractivity contribution in [1.82, 2.24) is 4.72 Å². The summed E-state index contributed by atoms with van der Waals surface area (Å²) in [5.74, 6) is 0. The molecule has 2 rings (SSSR count). The van der Waals surface area contributed by atoms with Crippen LogP contribution in [0.1, 0.15) is 25.0 Å². The number of rotatable bonds is 4. The average molecular weight is 323 g/mol. The summed E-state index contributed by atoms with van der Waals surface area (Å²) in [6, 6.07) is 3.28. The number of halogens is 3. The fourth-order valence-electron chi connectivity index (χ4n) is 2.10. The molecule has 118 valence electrons. The van der Waals surface area contributed by atoms with Crippen molar-refractivity contribution in [2.75, 3.05) is 13.2 Å². The molecule has 1 aromatic carbocycles. The van der Waals surface area contributed by atoms with Crippen LogP contribution in [-0.4, -0.2) is 27.2 Å². The van der Waals surface area contributed by atoms with Gasteiger partial charge in [0.25, 0.3) is 0 Å². The summed E-state index contributed by atoms with van der Waals surface area (Å²) < 4.78 is 71.0. The maximum atomic E-state index is 13.1. The number of nitrogens with one attached hydrogen (secondary N) is 1. The monoisotopic (exact) mass is 323 g/mol. The molecule has 21 heavy (non-hydrogen) atoms. The Kier molecular flexibility index (Phi) is 4.07. The minimum Gasteiger partial charge on any atom is -0.377 e.